The number of hydrogen-bond acceptors (Lipinski definition) is 3. The number of fused-ring (bicyclic) bond motifs is 2. The maximum Gasteiger partial charge on any atom is 0.307 e. The van der Waals surface area contributed by atoms with E-state index in [0.29, 0.717) is 12.8 Å². The van der Waals surface area contributed by atoms with E-state index in [-0.39, 0.29) is 24.3 Å². The number of aldehydes is 1. The van der Waals surface area contributed by atoms with Crippen molar-refractivity contribution >= 4 is 18.2 Å². The molecule has 0 aliphatic heterocycles. The van der Waals surface area contributed by atoms with Gasteiger partial charge in [0.05, 0.1) is 18.4 Å². The summed E-state index contributed by atoms with van der Waals surface area (Å²) in [7, 11) is 0. The van der Waals surface area contributed by atoms with Gasteiger partial charge in [0, 0.05) is 6.54 Å². The van der Waals surface area contributed by atoms with Gasteiger partial charge >= 0.3 is 5.97 Å². The van der Waals surface area contributed by atoms with Crippen LogP contribution in [0.2, 0.25) is 0 Å². The van der Waals surface area contributed by atoms with Gasteiger partial charge in [0.1, 0.15) is 6.29 Å². The zero-order valence-electron chi connectivity index (χ0n) is 13.4. The number of allylic oxidation sites excluding steroid dienone is 2. The van der Waals surface area contributed by atoms with Crippen LogP contribution in [-0.4, -0.2) is 34.7 Å². The summed E-state index contributed by atoms with van der Waals surface area (Å²) in [5, 5.41) is 9.61. The Hall–Kier alpha value is -2.43. The first-order valence-electron chi connectivity index (χ1n) is 8.29. The third-order valence-corrected chi connectivity index (χ3v) is 5.14. The molecule has 1 aromatic rings. The summed E-state index contributed by atoms with van der Waals surface area (Å²) in [6, 6.07) is 9.44. The van der Waals surface area contributed by atoms with Gasteiger partial charge in [-0.15, -0.1) is 0 Å². The molecule has 1 N–H and O–H groups in total. The molecule has 0 aromatic heterocycles. The third-order valence-electron chi connectivity index (χ3n) is 5.14. The van der Waals surface area contributed by atoms with Crippen LogP contribution in [0.3, 0.4) is 0 Å². The van der Waals surface area contributed by atoms with Crippen LogP contribution in [0.15, 0.2) is 42.5 Å². The van der Waals surface area contributed by atoms with Gasteiger partial charge in [0.15, 0.2) is 0 Å². The minimum atomic E-state index is -0.918. The van der Waals surface area contributed by atoms with Gasteiger partial charge in [-0.2, -0.15) is 0 Å². The summed E-state index contributed by atoms with van der Waals surface area (Å²) in [6.07, 6.45) is 6.28. The first-order valence-corrected chi connectivity index (χ1v) is 8.29. The van der Waals surface area contributed by atoms with E-state index in [1.54, 1.807) is 0 Å². The van der Waals surface area contributed by atoms with E-state index in [1.807, 2.05) is 42.5 Å². The summed E-state index contributed by atoms with van der Waals surface area (Å²) in [4.78, 5) is 37.3. The average Bonchev–Trinajstić information content (AvgIpc) is 2.61. The Morgan fingerprint density at radius 2 is 1.71 bits per heavy atom. The number of rotatable bonds is 6. The van der Waals surface area contributed by atoms with E-state index >= 15 is 0 Å². The Labute approximate surface area is 141 Å². The largest absolute Gasteiger partial charge is 0.481 e. The molecule has 4 rings (SSSR count). The molecule has 5 nitrogen and oxygen atoms in total. The van der Waals surface area contributed by atoms with E-state index in [4.69, 9.17) is 0 Å². The minimum absolute atomic E-state index is 0.0162. The minimum Gasteiger partial charge on any atom is -0.481 e. The highest BCUT2D eigenvalue weighted by molar-refractivity contribution is 5.87. The molecule has 4 atom stereocenters. The Morgan fingerprint density at radius 1 is 1.08 bits per heavy atom. The molecule has 24 heavy (non-hydrogen) atoms. The first kappa shape index (κ1) is 16.4. The molecule has 3 aliphatic rings. The van der Waals surface area contributed by atoms with E-state index in [9.17, 15) is 19.5 Å². The van der Waals surface area contributed by atoms with Crippen molar-refractivity contribution in [1.29, 1.82) is 0 Å². The number of carboxylic acids is 1. The van der Waals surface area contributed by atoms with Crippen molar-refractivity contribution in [2.24, 2.45) is 23.7 Å². The number of aliphatic carboxylic acids is 1. The lowest BCUT2D eigenvalue weighted by molar-refractivity contribution is -0.157. The van der Waals surface area contributed by atoms with E-state index in [0.717, 1.165) is 18.4 Å². The van der Waals surface area contributed by atoms with Crippen molar-refractivity contribution in [3.63, 3.8) is 0 Å². The van der Waals surface area contributed by atoms with Gasteiger partial charge in [0.2, 0.25) is 5.91 Å². The van der Waals surface area contributed by atoms with Crippen LogP contribution in [0.4, 0.5) is 0 Å². The van der Waals surface area contributed by atoms with Crippen LogP contribution in [0, 0.1) is 23.7 Å². The van der Waals surface area contributed by atoms with Crippen molar-refractivity contribution in [3.05, 3.63) is 48.0 Å². The molecule has 1 fully saturated rings. The fraction of sp³-hybridized carbons (Fsp3) is 0.421. The highest BCUT2D eigenvalue weighted by atomic mass is 16.4. The smallest absolute Gasteiger partial charge is 0.307 e. The Morgan fingerprint density at radius 3 is 2.25 bits per heavy atom. The topological polar surface area (TPSA) is 74.7 Å². The van der Waals surface area contributed by atoms with Crippen molar-refractivity contribution in [3.8, 4) is 0 Å². The third kappa shape index (κ3) is 3.11. The molecule has 0 spiro atoms. The van der Waals surface area contributed by atoms with E-state index < -0.39 is 17.8 Å². The normalized spacial score (nSPS) is 27.7. The van der Waals surface area contributed by atoms with Crippen molar-refractivity contribution in [2.45, 2.75) is 19.4 Å². The van der Waals surface area contributed by atoms with Crippen LogP contribution in [-0.2, 0) is 20.9 Å². The second-order valence-corrected chi connectivity index (χ2v) is 6.55. The van der Waals surface area contributed by atoms with Crippen LogP contribution in [0.1, 0.15) is 18.4 Å². The summed E-state index contributed by atoms with van der Waals surface area (Å²) in [5.74, 6) is -2.54. The number of benzene rings is 1. The number of carbonyl (C=O) groups excluding carboxylic acids is 2. The summed E-state index contributed by atoms with van der Waals surface area (Å²) >= 11 is 0. The predicted molar refractivity (Wildman–Crippen MR) is 87.9 cm³/mol. The molecule has 1 aromatic carbocycles. The fourth-order valence-electron chi connectivity index (χ4n) is 4.00. The van der Waals surface area contributed by atoms with Gasteiger partial charge in [-0.25, -0.2) is 0 Å². The van der Waals surface area contributed by atoms with Crippen molar-refractivity contribution in [2.75, 3.05) is 6.54 Å². The van der Waals surface area contributed by atoms with Gasteiger partial charge in [0.25, 0.3) is 0 Å². The molecular weight excluding hydrogens is 306 g/mol. The maximum atomic E-state index is 13.1. The Balaban J connectivity index is 1.84. The number of carbonyl (C=O) groups is 3. The standard InChI is InChI=1S/C19H21NO4/c21-11-10-20(12-13-4-2-1-3-5-13)18(22)16-14-6-8-15(9-7-14)17(16)19(23)24/h1-6,8,11,14-17H,7,9-10,12H2,(H,23,24). The molecule has 1 amide bonds. The number of hydrogen-bond donors (Lipinski definition) is 1. The predicted octanol–water partition coefficient (Wildman–Crippen LogP) is 2.13. The van der Waals surface area contributed by atoms with Crippen LogP contribution in [0.25, 0.3) is 0 Å². The van der Waals surface area contributed by atoms with E-state index in [1.165, 1.54) is 4.90 Å². The molecule has 0 heterocycles. The average molecular weight is 327 g/mol. The van der Waals surface area contributed by atoms with Gasteiger partial charge in [-0.1, -0.05) is 42.5 Å². The fourth-order valence-corrected chi connectivity index (χ4v) is 4.00. The summed E-state index contributed by atoms with van der Waals surface area (Å²) in [5.41, 5.74) is 0.927. The molecular formula is C19H21NO4. The highest BCUT2D eigenvalue weighted by Crippen LogP contribution is 2.45. The second kappa shape index (κ2) is 6.99. The lowest BCUT2D eigenvalue weighted by Gasteiger charge is -2.43. The Kier molecular flexibility index (Phi) is 4.79. The van der Waals surface area contributed by atoms with Crippen LogP contribution >= 0.6 is 0 Å². The molecule has 3 aliphatic carbocycles. The summed E-state index contributed by atoms with van der Waals surface area (Å²) in [6.45, 7) is 0.306. The van der Waals surface area contributed by atoms with Crippen LogP contribution < -0.4 is 0 Å². The monoisotopic (exact) mass is 327 g/mol. The lowest BCUT2D eigenvalue weighted by atomic mass is 9.62. The highest BCUT2D eigenvalue weighted by Gasteiger charge is 2.49. The molecule has 126 valence electrons. The molecule has 2 bridgehead atoms. The number of carboxylic acid groups (broad SMARTS) is 1. The Bertz CT molecular complexity index is 655. The lowest BCUT2D eigenvalue weighted by Crippen LogP contribution is -2.50. The molecule has 0 radical (unpaired) electrons. The zero-order chi connectivity index (χ0) is 17.1. The summed E-state index contributed by atoms with van der Waals surface area (Å²) < 4.78 is 0. The second-order valence-electron chi connectivity index (χ2n) is 6.55. The molecule has 4 unspecified atom stereocenters. The number of amides is 1. The van der Waals surface area contributed by atoms with Gasteiger partial charge in [-0.3, -0.25) is 9.59 Å². The molecule has 5 heteroatoms. The van der Waals surface area contributed by atoms with E-state index in [2.05, 4.69) is 0 Å². The molecule has 1 saturated carbocycles. The van der Waals surface area contributed by atoms with Crippen molar-refractivity contribution in [1.82, 2.24) is 4.90 Å². The van der Waals surface area contributed by atoms with Gasteiger partial charge < -0.3 is 14.8 Å². The van der Waals surface area contributed by atoms with Crippen LogP contribution in [0.5, 0.6) is 0 Å². The first-order chi connectivity index (χ1) is 11.6. The van der Waals surface area contributed by atoms with Crippen molar-refractivity contribution < 1.29 is 19.5 Å². The zero-order valence-corrected chi connectivity index (χ0v) is 13.4. The molecule has 0 saturated heterocycles. The number of nitrogens with zero attached hydrogens (tertiary/aromatic N) is 1. The van der Waals surface area contributed by atoms with Gasteiger partial charge in [-0.05, 0) is 30.2 Å². The SMILES string of the molecule is O=CCN(Cc1ccccc1)C(=O)C1C2C=CC(CC2)C1C(=O)O. The quantitative estimate of drug-likeness (QED) is 0.641. The maximum absolute atomic E-state index is 13.1.